The molecule has 0 unspecified atom stereocenters. The van der Waals surface area contributed by atoms with Crippen molar-refractivity contribution in [3.63, 3.8) is 0 Å². The van der Waals surface area contributed by atoms with Crippen molar-refractivity contribution in [1.82, 2.24) is 4.72 Å². The Kier molecular flexibility index (Phi) is 7.09. The Morgan fingerprint density at radius 2 is 1.73 bits per heavy atom. The van der Waals surface area contributed by atoms with Gasteiger partial charge in [-0.2, -0.15) is 4.72 Å². The molecule has 0 fully saturated rings. The van der Waals surface area contributed by atoms with Crippen molar-refractivity contribution in [1.29, 1.82) is 0 Å². The van der Waals surface area contributed by atoms with E-state index in [1.807, 2.05) is 30.3 Å². The fraction of sp³-hybridized carbons (Fsp3) is 0.190. The van der Waals surface area contributed by atoms with Gasteiger partial charge in [0.1, 0.15) is 10.3 Å². The number of rotatable bonds is 9. The van der Waals surface area contributed by atoms with Crippen LogP contribution in [0, 0.1) is 0 Å². The van der Waals surface area contributed by atoms with Gasteiger partial charge in [-0.1, -0.05) is 36.4 Å². The lowest BCUT2D eigenvalue weighted by Crippen LogP contribution is -2.45. The molecular formula is C21H22N2O5S2. The molecule has 1 atom stereocenters. The number of sulfonamides is 1. The van der Waals surface area contributed by atoms with E-state index in [0.29, 0.717) is 17.2 Å². The lowest BCUT2D eigenvalue weighted by Gasteiger charge is -2.19. The van der Waals surface area contributed by atoms with Crippen molar-refractivity contribution in [2.24, 2.45) is 0 Å². The summed E-state index contributed by atoms with van der Waals surface area (Å²) in [5.41, 5.74) is 1.30. The molecule has 3 aromatic rings. The summed E-state index contributed by atoms with van der Waals surface area (Å²) in [5.74, 6) is 0.495. The molecule has 0 saturated heterocycles. The van der Waals surface area contributed by atoms with Gasteiger partial charge in [-0.15, -0.1) is 11.3 Å². The van der Waals surface area contributed by atoms with Gasteiger partial charge in [0, 0.05) is 11.8 Å². The van der Waals surface area contributed by atoms with E-state index in [0.717, 1.165) is 16.9 Å². The molecule has 2 aromatic carbocycles. The monoisotopic (exact) mass is 446 g/mol. The Bertz CT molecular complexity index is 1080. The minimum absolute atomic E-state index is 0.152. The topological polar surface area (TPSA) is 93.7 Å². The Morgan fingerprint density at radius 3 is 2.37 bits per heavy atom. The van der Waals surface area contributed by atoms with E-state index < -0.39 is 22.0 Å². The summed E-state index contributed by atoms with van der Waals surface area (Å²) >= 11 is 1.09. The van der Waals surface area contributed by atoms with Crippen molar-refractivity contribution in [2.75, 3.05) is 19.5 Å². The number of hydrogen-bond acceptors (Lipinski definition) is 6. The minimum atomic E-state index is -3.83. The maximum Gasteiger partial charge on any atom is 0.250 e. The molecule has 0 radical (unpaired) electrons. The Labute approximate surface area is 179 Å². The molecule has 158 valence electrons. The quantitative estimate of drug-likeness (QED) is 0.526. The van der Waals surface area contributed by atoms with Crippen LogP contribution in [0.25, 0.3) is 0 Å². The summed E-state index contributed by atoms with van der Waals surface area (Å²) in [7, 11) is -0.818. The molecule has 0 saturated carbocycles. The number of carbonyl (C=O) groups is 1. The zero-order valence-corrected chi connectivity index (χ0v) is 18.1. The van der Waals surface area contributed by atoms with Crippen LogP contribution in [0.4, 0.5) is 5.69 Å². The van der Waals surface area contributed by atoms with Gasteiger partial charge in [0.2, 0.25) is 5.91 Å². The van der Waals surface area contributed by atoms with Gasteiger partial charge in [0.15, 0.2) is 11.5 Å². The number of carbonyl (C=O) groups excluding carboxylic acids is 1. The fourth-order valence-electron chi connectivity index (χ4n) is 2.84. The predicted molar refractivity (Wildman–Crippen MR) is 117 cm³/mol. The number of nitrogens with one attached hydrogen (secondary N) is 2. The van der Waals surface area contributed by atoms with Crippen molar-refractivity contribution in [3.05, 3.63) is 71.6 Å². The summed E-state index contributed by atoms with van der Waals surface area (Å²) in [4.78, 5) is 13.0. The van der Waals surface area contributed by atoms with E-state index in [-0.39, 0.29) is 10.6 Å². The molecule has 1 aromatic heterocycles. The summed E-state index contributed by atoms with van der Waals surface area (Å²) < 4.78 is 38.6. The first-order valence-corrected chi connectivity index (χ1v) is 11.4. The molecule has 30 heavy (non-hydrogen) atoms. The number of anilines is 1. The molecule has 0 bridgehead atoms. The first-order valence-electron chi connectivity index (χ1n) is 9.05. The number of thiophene rings is 1. The molecule has 9 heteroatoms. The molecule has 3 rings (SSSR count). The molecule has 0 aliphatic heterocycles. The third kappa shape index (κ3) is 5.38. The minimum Gasteiger partial charge on any atom is -0.493 e. The van der Waals surface area contributed by atoms with Crippen LogP contribution in [0.15, 0.2) is 70.3 Å². The fourth-order valence-corrected chi connectivity index (χ4v) is 5.05. The first kappa shape index (κ1) is 21.8. The molecule has 2 N–H and O–H groups in total. The van der Waals surface area contributed by atoms with Crippen LogP contribution in [-0.4, -0.2) is 34.6 Å². The predicted octanol–water partition coefficient (Wildman–Crippen LogP) is 3.29. The molecule has 0 aliphatic carbocycles. The summed E-state index contributed by atoms with van der Waals surface area (Å²) in [6.45, 7) is 0. The van der Waals surface area contributed by atoms with Crippen molar-refractivity contribution in [3.8, 4) is 11.5 Å². The average Bonchev–Trinajstić information content (AvgIpc) is 3.30. The van der Waals surface area contributed by atoms with E-state index in [1.54, 1.807) is 29.6 Å². The van der Waals surface area contributed by atoms with Crippen LogP contribution in [0.2, 0.25) is 0 Å². The maximum atomic E-state index is 13.0. The highest BCUT2D eigenvalue weighted by atomic mass is 32.2. The van der Waals surface area contributed by atoms with Crippen LogP contribution >= 0.6 is 11.3 Å². The van der Waals surface area contributed by atoms with Crippen molar-refractivity contribution < 1.29 is 22.7 Å². The highest BCUT2D eigenvalue weighted by Gasteiger charge is 2.27. The second-order valence-electron chi connectivity index (χ2n) is 6.35. The lowest BCUT2D eigenvalue weighted by atomic mass is 10.1. The largest absolute Gasteiger partial charge is 0.493 e. The van der Waals surface area contributed by atoms with E-state index in [2.05, 4.69) is 10.0 Å². The van der Waals surface area contributed by atoms with Gasteiger partial charge in [0.05, 0.1) is 14.2 Å². The second kappa shape index (κ2) is 9.75. The number of amides is 1. The highest BCUT2D eigenvalue weighted by molar-refractivity contribution is 7.91. The van der Waals surface area contributed by atoms with E-state index in [1.165, 1.54) is 20.3 Å². The zero-order valence-electron chi connectivity index (χ0n) is 16.5. The summed E-state index contributed by atoms with van der Waals surface area (Å²) in [6, 6.07) is 16.3. The van der Waals surface area contributed by atoms with Gasteiger partial charge < -0.3 is 14.8 Å². The third-order valence-corrected chi connectivity index (χ3v) is 7.18. The Morgan fingerprint density at radius 1 is 1.00 bits per heavy atom. The van der Waals surface area contributed by atoms with Crippen LogP contribution < -0.4 is 19.5 Å². The third-order valence-electron chi connectivity index (χ3n) is 4.31. The van der Waals surface area contributed by atoms with Crippen LogP contribution in [0.3, 0.4) is 0 Å². The van der Waals surface area contributed by atoms with Gasteiger partial charge in [0.25, 0.3) is 10.0 Å². The average molecular weight is 447 g/mol. The maximum absolute atomic E-state index is 13.0. The Balaban J connectivity index is 1.84. The van der Waals surface area contributed by atoms with Crippen molar-refractivity contribution >= 4 is 33.0 Å². The van der Waals surface area contributed by atoms with Gasteiger partial charge >= 0.3 is 0 Å². The molecule has 7 nitrogen and oxygen atoms in total. The van der Waals surface area contributed by atoms with Crippen LogP contribution in [-0.2, 0) is 21.2 Å². The molecule has 0 spiro atoms. The smallest absolute Gasteiger partial charge is 0.250 e. The number of hydrogen-bond donors (Lipinski definition) is 2. The van der Waals surface area contributed by atoms with Gasteiger partial charge in [-0.05, 0) is 35.6 Å². The molecular weight excluding hydrogens is 424 g/mol. The second-order valence-corrected chi connectivity index (χ2v) is 9.24. The van der Waals surface area contributed by atoms with Gasteiger partial charge in [-0.25, -0.2) is 8.42 Å². The van der Waals surface area contributed by atoms with Gasteiger partial charge in [-0.3, -0.25) is 4.79 Å². The SMILES string of the molecule is COc1ccc(NC(=O)[C@@H](Cc2ccccc2)NS(=O)(=O)c2cccs2)cc1OC. The van der Waals surface area contributed by atoms with E-state index in [9.17, 15) is 13.2 Å². The number of ether oxygens (including phenoxy) is 2. The van der Waals surface area contributed by atoms with E-state index in [4.69, 9.17) is 9.47 Å². The number of benzene rings is 2. The number of methoxy groups -OCH3 is 2. The molecule has 1 heterocycles. The highest BCUT2D eigenvalue weighted by Crippen LogP contribution is 2.30. The normalized spacial score (nSPS) is 12.2. The summed E-state index contributed by atoms with van der Waals surface area (Å²) in [5, 5.41) is 4.43. The van der Waals surface area contributed by atoms with Crippen LogP contribution in [0.1, 0.15) is 5.56 Å². The Hall–Kier alpha value is -2.88. The molecule has 0 aliphatic rings. The van der Waals surface area contributed by atoms with Crippen molar-refractivity contribution in [2.45, 2.75) is 16.7 Å². The zero-order chi connectivity index (χ0) is 21.6. The standard InChI is InChI=1S/C21H22N2O5S2/c1-27-18-11-10-16(14-19(18)28-2)22-21(24)17(13-15-7-4-3-5-8-15)23-30(25,26)20-9-6-12-29-20/h3-12,14,17,23H,13H2,1-2H3,(H,22,24)/t17-/m1/s1. The van der Waals surface area contributed by atoms with Crippen LogP contribution in [0.5, 0.6) is 11.5 Å². The first-order chi connectivity index (χ1) is 14.4. The summed E-state index contributed by atoms with van der Waals surface area (Å²) in [6.07, 6.45) is 0.199. The lowest BCUT2D eigenvalue weighted by molar-refractivity contribution is -0.117. The van der Waals surface area contributed by atoms with E-state index >= 15 is 0 Å². The molecule has 1 amide bonds.